The molecule has 2 N–H and O–H groups in total. The first-order valence-corrected chi connectivity index (χ1v) is 5.23. The van der Waals surface area contributed by atoms with Gasteiger partial charge in [0.05, 0.1) is 25.8 Å². The van der Waals surface area contributed by atoms with Crippen molar-refractivity contribution in [1.29, 1.82) is 0 Å². The maximum Gasteiger partial charge on any atom is 0.358 e. The van der Waals surface area contributed by atoms with Crippen LogP contribution in [0.4, 0.5) is 0 Å². The molecular weight excluding hydrogens is 242 g/mol. The van der Waals surface area contributed by atoms with Crippen molar-refractivity contribution in [2.24, 2.45) is 0 Å². The first kappa shape index (κ1) is 12.2. The van der Waals surface area contributed by atoms with Crippen molar-refractivity contribution < 1.29 is 19.5 Å². The summed E-state index contributed by atoms with van der Waals surface area (Å²) in [5, 5.41) is 17.9. The summed E-state index contributed by atoms with van der Waals surface area (Å²) in [4.78, 5) is 34.4. The van der Waals surface area contributed by atoms with Crippen LogP contribution in [0.3, 0.4) is 0 Å². The van der Waals surface area contributed by atoms with E-state index in [4.69, 9.17) is 5.11 Å². The summed E-state index contributed by atoms with van der Waals surface area (Å²) in [6, 6.07) is 0. The van der Waals surface area contributed by atoms with E-state index in [1.54, 1.807) is 4.90 Å². The quantitative estimate of drug-likeness (QED) is 0.592. The minimum atomic E-state index is -1.14. The third-order valence-electron chi connectivity index (χ3n) is 2.42. The van der Waals surface area contributed by atoms with E-state index in [1.165, 1.54) is 10.9 Å². The van der Waals surface area contributed by atoms with Crippen molar-refractivity contribution in [3.63, 3.8) is 0 Å². The number of aromatic carboxylic acids is 1. The molecule has 1 saturated heterocycles. The molecule has 96 valence electrons. The predicted molar refractivity (Wildman–Crippen MR) is 56.6 cm³/mol. The van der Waals surface area contributed by atoms with Gasteiger partial charge in [0.15, 0.2) is 5.69 Å². The molecule has 9 nitrogen and oxygen atoms in total. The zero-order chi connectivity index (χ0) is 13.1. The Kier molecular flexibility index (Phi) is 3.33. The molecular formula is C9H11N5O4. The maximum absolute atomic E-state index is 11.1. The van der Waals surface area contributed by atoms with Gasteiger partial charge >= 0.3 is 5.97 Å². The number of carbonyl (C=O) groups is 3. The molecule has 0 aliphatic carbocycles. The van der Waals surface area contributed by atoms with Crippen molar-refractivity contribution >= 4 is 17.8 Å². The lowest BCUT2D eigenvalue weighted by Crippen LogP contribution is -2.52. The first-order chi connectivity index (χ1) is 8.54. The Morgan fingerprint density at radius 2 is 2.00 bits per heavy atom. The number of rotatable bonds is 4. The van der Waals surface area contributed by atoms with Crippen LogP contribution in [0, 0.1) is 0 Å². The summed E-state index contributed by atoms with van der Waals surface area (Å²) in [5.74, 6) is -1.82. The van der Waals surface area contributed by atoms with E-state index < -0.39 is 5.97 Å². The Balaban J connectivity index is 1.88. The van der Waals surface area contributed by atoms with Crippen LogP contribution in [-0.2, 0) is 16.1 Å². The van der Waals surface area contributed by atoms with Gasteiger partial charge in [-0.3, -0.25) is 24.5 Å². The zero-order valence-electron chi connectivity index (χ0n) is 9.37. The first-order valence-electron chi connectivity index (χ1n) is 5.23. The van der Waals surface area contributed by atoms with Gasteiger partial charge in [0.1, 0.15) is 0 Å². The van der Waals surface area contributed by atoms with Crippen molar-refractivity contribution in [1.82, 2.24) is 25.2 Å². The molecule has 9 heteroatoms. The van der Waals surface area contributed by atoms with E-state index in [-0.39, 0.29) is 30.6 Å². The van der Waals surface area contributed by atoms with Gasteiger partial charge in [-0.05, 0) is 0 Å². The molecule has 2 amide bonds. The number of hydrogen-bond donors (Lipinski definition) is 2. The highest BCUT2D eigenvalue weighted by molar-refractivity contribution is 5.99. The molecule has 0 spiro atoms. The lowest BCUT2D eigenvalue weighted by atomic mass is 10.3. The summed E-state index contributed by atoms with van der Waals surface area (Å²) >= 11 is 0. The number of carbonyl (C=O) groups excluding carboxylic acids is 2. The molecule has 0 atom stereocenters. The number of piperazine rings is 1. The van der Waals surface area contributed by atoms with Gasteiger partial charge in [-0.2, -0.15) is 0 Å². The highest BCUT2D eigenvalue weighted by Crippen LogP contribution is 1.97. The molecule has 18 heavy (non-hydrogen) atoms. The molecule has 1 aromatic heterocycles. The number of aromatic nitrogens is 3. The third-order valence-corrected chi connectivity index (χ3v) is 2.42. The smallest absolute Gasteiger partial charge is 0.358 e. The summed E-state index contributed by atoms with van der Waals surface area (Å²) in [7, 11) is 0. The second kappa shape index (κ2) is 4.92. The Labute approximate surface area is 101 Å². The molecule has 0 saturated carbocycles. The minimum Gasteiger partial charge on any atom is -0.476 e. The van der Waals surface area contributed by atoms with Gasteiger partial charge in [-0.25, -0.2) is 4.79 Å². The Hall–Kier alpha value is -2.29. The fourth-order valence-corrected chi connectivity index (χ4v) is 1.60. The molecule has 0 bridgehead atoms. The summed E-state index contributed by atoms with van der Waals surface area (Å²) in [6.45, 7) is 1.07. The van der Waals surface area contributed by atoms with Crippen molar-refractivity contribution in [3.05, 3.63) is 11.9 Å². The Morgan fingerprint density at radius 3 is 2.56 bits per heavy atom. The molecule has 0 aromatic carbocycles. The van der Waals surface area contributed by atoms with E-state index in [0.717, 1.165) is 0 Å². The highest BCUT2D eigenvalue weighted by Gasteiger charge is 2.22. The van der Waals surface area contributed by atoms with Crippen LogP contribution < -0.4 is 5.32 Å². The molecule has 1 aromatic rings. The lowest BCUT2D eigenvalue weighted by molar-refractivity contribution is -0.136. The fraction of sp³-hybridized carbons (Fsp3) is 0.444. The third kappa shape index (κ3) is 2.88. The van der Waals surface area contributed by atoms with E-state index in [9.17, 15) is 14.4 Å². The van der Waals surface area contributed by atoms with E-state index >= 15 is 0 Å². The fourth-order valence-electron chi connectivity index (χ4n) is 1.60. The molecule has 1 fully saturated rings. The van der Waals surface area contributed by atoms with Crippen molar-refractivity contribution in [3.8, 4) is 0 Å². The van der Waals surface area contributed by atoms with Gasteiger partial charge in [0.2, 0.25) is 11.8 Å². The zero-order valence-corrected chi connectivity index (χ0v) is 9.37. The Morgan fingerprint density at radius 1 is 1.33 bits per heavy atom. The van der Waals surface area contributed by atoms with Crippen LogP contribution in [-0.4, -0.2) is 62.4 Å². The van der Waals surface area contributed by atoms with Gasteiger partial charge < -0.3 is 5.11 Å². The predicted octanol–water partition coefficient (Wildman–Crippen LogP) is -2.07. The van der Waals surface area contributed by atoms with Crippen LogP contribution in [0.1, 0.15) is 10.5 Å². The number of imide groups is 1. The number of carboxylic acid groups (broad SMARTS) is 1. The molecule has 2 rings (SSSR count). The molecule has 0 radical (unpaired) electrons. The van der Waals surface area contributed by atoms with Crippen molar-refractivity contribution in [2.45, 2.75) is 6.54 Å². The second-order valence-electron chi connectivity index (χ2n) is 3.85. The number of hydrogen-bond acceptors (Lipinski definition) is 6. The van der Waals surface area contributed by atoms with Crippen LogP contribution in [0.25, 0.3) is 0 Å². The van der Waals surface area contributed by atoms with Crippen LogP contribution in [0.5, 0.6) is 0 Å². The molecule has 1 aliphatic heterocycles. The number of nitrogens with one attached hydrogen (secondary N) is 1. The number of nitrogens with zero attached hydrogens (tertiary/aromatic N) is 4. The molecule has 0 unspecified atom stereocenters. The van der Waals surface area contributed by atoms with Crippen LogP contribution in [0.2, 0.25) is 0 Å². The summed E-state index contributed by atoms with van der Waals surface area (Å²) < 4.78 is 1.36. The standard InChI is InChI=1S/C9H11N5O4/c15-7-4-13(5-8(16)10-7)1-2-14-3-6(9(17)18)11-12-14/h3H,1-2,4-5H2,(H,17,18)(H,10,15,16). The van der Waals surface area contributed by atoms with Crippen molar-refractivity contribution in [2.75, 3.05) is 19.6 Å². The monoisotopic (exact) mass is 253 g/mol. The minimum absolute atomic E-state index is 0.137. The van der Waals surface area contributed by atoms with Gasteiger partial charge in [-0.1, -0.05) is 5.21 Å². The maximum atomic E-state index is 11.1. The average Bonchev–Trinajstić information content (AvgIpc) is 2.73. The number of carboxylic acids is 1. The van der Waals surface area contributed by atoms with E-state index in [1.807, 2.05) is 0 Å². The largest absolute Gasteiger partial charge is 0.476 e. The normalized spacial score (nSPS) is 16.7. The second-order valence-corrected chi connectivity index (χ2v) is 3.85. The van der Waals surface area contributed by atoms with Gasteiger partial charge in [0, 0.05) is 6.54 Å². The van der Waals surface area contributed by atoms with Crippen LogP contribution in [0.15, 0.2) is 6.20 Å². The molecule has 1 aliphatic rings. The summed E-state index contributed by atoms with van der Waals surface area (Å²) in [6.07, 6.45) is 1.30. The lowest BCUT2D eigenvalue weighted by Gasteiger charge is -2.24. The SMILES string of the molecule is O=C1CN(CCn2cc(C(=O)O)nn2)CC(=O)N1. The topological polar surface area (TPSA) is 117 Å². The molecule has 2 heterocycles. The van der Waals surface area contributed by atoms with Gasteiger partial charge in [-0.15, -0.1) is 5.10 Å². The highest BCUT2D eigenvalue weighted by atomic mass is 16.4. The van der Waals surface area contributed by atoms with E-state index in [2.05, 4.69) is 15.6 Å². The summed E-state index contributed by atoms with van der Waals surface area (Å²) in [5.41, 5.74) is -0.137. The number of amides is 2. The Bertz CT molecular complexity index is 481. The average molecular weight is 253 g/mol. The van der Waals surface area contributed by atoms with Crippen LogP contribution >= 0.6 is 0 Å². The van der Waals surface area contributed by atoms with Gasteiger partial charge in [0.25, 0.3) is 0 Å². The van der Waals surface area contributed by atoms with E-state index in [0.29, 0.717) is 13.1 Å².